The van der Waals surface area contributed by atoms with Crippen LogP contribution in [0.2, 0.25) is 0 Å². The highest BCUT2D eigenvalue weighted by Crippen LogP contribution is 2.28. The number of nitrogens with two attached hydrogens (primary N) is 1. The minimum Gasteiger partial charge on any atom is -0.324 e. The molecule has 1 aromatic carbocycles. The highest BCUT2D eigenvalue weighted by molar-refractivity contribution is 9.10. The van der Waals surface area contributed by atoms with Crippen LogP contribution in [0.15, 0.2) is 22.8 Å². The summed E-state index contributed by atoms with van der Waals surface area (Å²) in [5, 5.41) is 5.71. The van der Waals surface area contributed by atoms with E-state index in [1.165, 1.54) is 0 Å². The minimum atomic E-state index is 0.0485. The molecule has 1 unspecified atom stereocenters. The maximum atomic E-state index is 5.86. The zero-order chi connectivity index (χ0) is 11.9. The lowest BCUT2D eigenvalue weighted by molar-refractivity contribution is 0.527. The van der Waals surface area contributed by atoms with Crippen LogP contribution in [-0.4, -0.2) is 9.78 Å². The summed E-state index contributed by atoms with van der Waals surface area (Å²) in [6, 6.07) is 6.59. The zero-order valence-corrected chi connectivity index (χ0v) is 11.3. The van der Waals surface area contributed by atoms with Crippen molar-refractivity contribution in [2.45, 2.75) is 32.9 Å². The van der Waals surface area contributed by atoms with E-state index in [4.69, 9.17) is 5.73 Å². The third kappa shape index (κ3) is 1.87. The summed E-state index contributed by atoms with van der Waals surface area (Å²) >= 11 is 3.58. The average Bonchev–Trinajstić information content (AvgIpc) is 2.55. The van der Waals surface area contributed by atoms with Crippen molar-refractivity contribution in [2.24, 2.45) is 5.73 Å². The zero-order valence-electron chi connectivity index (χ0n) is 9.74. The number of benzene rings is 1. The van der Waals surface area contributed by atoms with Crippen molar-refractivity contribution >= 4 is 26.8 Å². The van der Waals surface area contributed by atoms with Gasteiger partial charge >= 0.3 is 0 Å². The SMILES string of the molecule is CC(N)c1ccc2c(Br)n(C(C)C)nc2c1. The molecule has 0 aliphatic rings. The normalized spacial score (nSPS) is 13.6. The molecular weight excluding hydrogens is 266 g/mol. The number of hydrogen-bond donors (Lipinski definition) is 1. The maximum absolute atomic E-state index is 5.86. The highest BCUT2D eigenvalue weighted by Gasteiger charge is 2.12. The Hall–Kier alpha value is -0.870. The minimum absolute atomic E-state index is 0.0485. The molecule has 0 fully saturated rings. The third-order valence-corrected chi connectivity index (χ3v) is 3.47. The Kier molecular flexibility index (Phi) is 3.04. The predicted molar refractivity (Wildman–Crippen MR) is 70.4 cm³/mol. The van der Waals surface area contributed by atoms with Gasteiger partial charge in [-0.05, 0) is 54.4 Å². The molecule has 0 bridgehead atoms. The summed E-state index contributed by atoms with van der Waals surface area (Å²) in [5.74, 6) is 0. The second-order valence-corrected chi connectivity index (χ2v) is 5.15. The lowest BCUT2D eigenvalue weighted by Crippen LogP contribution is -2.04. The molecule has 2 rings (SSSR count). The molecule has 0 amide bonds. The molecule has 0 saturated carbocycles. The first-order valence-electron chi connectivity index (χ1n) is 5.44. The third-order valence-electron chi connectivity index (χ3n) is 2.68. The van der Waals surface area contributed by atoms with E-state index in [9.17, 15) is 0 Å². The first kappa shape index (κ1) is 11.6. The number of hydrogen-bond acceptors (Lipinski definition) is 2. The highest BCUT2D eigenvalue weighted by atomic mass is 79.9. The van der Waals surface area contributed by atoms with Gasteiger partial charge in [-0.3, -0.25) is 4.68 Å². The molecule has 0 saturated heterocycles. The van der Waals surface area contributed by atoms with Crippen LogP contribution in [0.25, 0.3) is 10.9 Å². The largest absolute Gasteiger partial charge is 0.324 e. The van der Waals surface area contributed by atoms with Crippen molar-refractivity contribution in [1.29, 1.82) is 0 Å². The molecule has 3 nitrogen and oxygen atoms in total. The second-order valence-electron chi connectivity index (χ2n) is 4.39. The average molecular weight is 282 g/mol. The number of rotatable bonds is 2. The van der Waals surface area contributed by atoms with E-state index in [0.717, 1.165) is 21.1 Å². The lowest BCUT2D eigenvalue weighted by Gasteiger charge is -2.05. The number of halogens is 1. The van der Waals surface area contributed by atoms with Crippen LogP contribution in [0, 0.1) is 0 Å². The van der Waals surface area contributed by atoms with Gasteiger partial charge in [-0.25, -0.2) is 0 Å². The van der Waals surface area contributed by atoms with Gasteiger partial charge in [0.05, 0.1) is 5.52 Å². The molecule has 0 aliphatic carbocycles. The first-order chi connectivity index (χ1) is 7.50. The Bertz CT molecular complexity index is 514. The molecular formula is C12H16BrN3. The smallest absolute Gasteiger partial charge is 0.112 e. The van der Waals surface area contributed by atoms with E-state index in [-0.39, 0.29) is 6.04 Å². The monoisotopic (exact) mass is 281 g/mol. The van der Waals surface area contributed by atoms with Crippen molar-refractivity contribution in [3.63, 3.8) is 0 Å². The van der Waals surface area contributed by atoms with E-state index in [0.29, 0.717) is 6.04 Å². The summed E-state index contributed by atoms with van der Waals surface area (Å²) in [4.78, 5) is 0. The second kappa shape index (κ2) is 4.18. The number of nitrogens with zero attached hydrogens (tertiary/aromatic N) is 2. The van der Waals surface area contributed by atoms with Gasteiger partial charge in [0.2, 0.25) is 0 Å². The van der Waals surface area contributed by atoms with E-state index >= 15 is 0 Å². The van der Waals surface area contributed by atoms with Crippen LogP contribution >= 0.6 is 15.9 Å². The van der Waals surface area contributed by atoms with Crippen LogP contribution in [0.1, 0.15) is 38.4 Å². The fourth-order valence-electron chi connectivity index (χ4n) is 1.71. The van der Waals surface area contributed by atoms with E-state index in [1.807, 2.05) is 11.6 Å². The molecule has 86 valence electrons. The summed E-state index contributed by atoms with van der Waals surface area (Å²) in [7, 11) is 0. The molecule has 0 spiro atoms. The van der Waals surface area contributed by atoms with Crippen molar-refractivity contribution < 1.29 is 0 Å². The fraction of sp³-hybridized carbons (Fsp3) is 0.417. The Morgan fingerprint density at radius 1 is 1.31 bits per heavy atom. The van der Waals surface area contributed by atoms with Gasteiger partial charge in [-0.15, -0.1) is 0 Å². The number of fused-ring (bicyclic) bond motifs is 1. The van der Waals surface area contributed by atoms with Gasteiger partial charge in [0.1, 0.15) is 4.60 Å². The maximum Gasteiger partial charge on any atom is 0.112 e. The van der Waals surface area contributed by atoms with Gasteiger partial charge in [-0.2, -0.15) is 5.10 Å². The molecule has 0 radical (unpaired) electrons. The molecule has 4 heteroatoms. The van der Waals surface area contributed by atoms with Crippen LogP contribution in [0.5, 0.6) is 0 Å². The summed E-state index contributed by atoms with van der Waals surface area (Å²) in [5.41, 5.74) is 7.98. The van der Waals surface area contributed by atoms with Crippen LogP contribution in [0.3, 0.4) is 0 Å². The van der Waals surface area contributed by atoms with Gasteiger partial charge in [-0.1, -0.05) is 6.07 Å². The predicted octanol–water partition coefficient (Wildman–Crippen LogP) is 3.40. The fourth-order valence-corrected chi connectivity index (χ4v) is 2.54. The Morgan fingerprint density at radius 3 is 2.56 bits per heavy atom. The lowest BCUT2D eigenvalue weighted by atomic mass is 10.1. The van der Waals surface area contributed by atoms with Crippen molar-refractivity contribution in [2.75, 3.05) is 0 Å². The Labute approximate surface area is 104 Å². The molecule has 2 aromatic rings. The van der Waals surface area contributed by atoms with Gasteiger partial charge in [0.15, 0.2) is 0 Å². The summed E-state index contributed by atoms with van der Waals surface area (Å²) in [6.07, 6.45) is 0. The molecule has 1 aromatic heterocycles. The molecule has 1 heterocycles. The summed E-state index contributed by atoms with van der Waals surface area (Å²) in [6.45, 7) is 6.21. The van der Waals surface area contributed by atoms with Crippen molar-refractivity contribution in [3.8, 4) is 0 Å². The molecule has 0 aliphatic heterocycles. The first-order valence-corrected chi connectivity index (χ1v) is 6.23. The quantitative estimate of drug-likeness (QED) is 0.917. The molecule has 16 heavy (non-hydrogen) atoms. The van der Waals surface area contributed by atoms with Gasteiger partial charge in [0.25, 0.3) is 0 Å². The van der Waals surface area contributed by atoms with Crippen LogP contribution < -0.4 is 5.73 Å². The van der Waals surface area contributed by atoms with Gasteiger partial charge in [0, 0.05) is 17.5 Å². The van der Waals surface area contributed by atoms with E-state index < -0.39 is 0 Å². The van der Waals surface area contributed by atoms with Crippen molar-refractivity contribution in [1.82, 2.24) is 9.78 Å². The Morgan fingerprint density at radius 2 is 2.00 bits per heavy atom. The topological polar surface area (TPSA) is 43.8 Å². The molecule has 2 N–H and O–H groups in total. The van der Waals surface area contributed by atoms with Crippen molar-refractivity contribution in [3.05, 3.63) is 28.4 Å². The van der Waals surface area contributed by atoms with E-state index in [2.05, 4.69) is 53.1 Å². The summed E-state index contributed by atoms with van der Waals surface area (Å²) < 4.78 is 3.02. The van der Waals surface area contributed by atoms with Crippen LogP contribution in [-0.2, 0) is 0 Å². The number of aromatic nitrogens is 2. The molecule has 1 atom stereocenters. The van der Waals surface area contributed by atoms with E-state index in [1.54, 1.807) is 0 Å². The Balaban J connectivity index is 2.63. The standard InChI is InChI=1S/C12H16BrN3/c1-7(2)16-12(13)10-5-4-9(8(3)14)6-11(10)15-16/h4-8H,14H2,1-3H3. The van der Waals surface area contributed by atoms with Crippen LogP contribution in [0.4, 0.5) is 0 Å². The van der Waals surface area contributed by atoms with Gasteiger partial charge < -0.3 is 5.73 Å².